The first-order chi connectivity index (χ1) is 8.52. The molecule has 98 valence electrons. The molecule has 6 nitrogen and oxygen atoms in total. The molecule has 1 fully saturated rings. The van der Waals surface area contributed by atoms with Gasteiger partial charge in [0.15, 0.2) is 0 Å². The lowest BCUT2D eigenvalue weighted by molar-refractivity contribution is -0.130. The quantitative estimate of drug-likeness (QED) is 0.773. The first-order valence-electron chi connectivity index (χ1n) is 5.91. The maximum absolute atomic E-state index is 12.1. The molecule has 0 bridgehead atoms. The fourth-order valence-electron chi connectivity index (χ4n) is 1.81. The summed E-state index contributed by atoms with van der Waals surface area (Å²) in [6.07, 6.45) is 3.33. The van der Waals surface area contributed by atoms with Gasteiger partial charge in [0.05, 0.1) is 42.8 Å². The Bertz CT molecular complexity index is 434. The summed E-state index contributed by atoms with van der Waals surface area (Å²) < 4.78 is 5.25. The van der Waals surface area contributed by atoms with E-state index in [0.29, 0.717) is 19.8 Å². The standard InChI is InChI=1S/C12H18N4O2/c1-8-3-15-9(4-14-8)5-16-11(17)12(2)7-18-6-10(12)13/h3-4,10H,5-7,13H2,1-2H3,(H,16,17). The van der Waals surface area contributed by atoms with E-state index in [0.717, 1.165) is 11.4 Å². The number of amides is 1. The molecule has 0 aliphatic carbocycles. The van der Waals surface area contributed by atoms with E-state index >= 15 is 0 Å². The van der Waals surface area contributed by atoms with Crippen LogP contribution in [0, 0.1) is 12.3 Å². The van der Waals surface area contributed by atoms with Crippen LogP contribution >= 0.6 is 0 Å². The van der Waals surface area contributed by atoms with Crippen LogP contribution in [0.1, 0.15) is 18.3 Å². The minimum absolute atomic E-state index is 0.102. The molecule has 1 aromatic rings. The molecule has 1 aromatic heterocycles. The molecule has 2 unspecified atom stereocenters. The molecule has 3 N–H and O–H groups in total. The van der Waals surface area contributed by atoms with Crippen molar-refractivity contribution in [3.63, 3.8) is 0 Å². The van der Waals surface area contributed by atoms with E-state index in [2.05, 4.69) is 15.3 Å². The topological polar surface area (TPSA) is 90.1 Å². The number of hydrogen-bond acceptors (Lipinski definition) is 5. The van der Waals surface area contributed by atoms with Gasteiger partial charge in [-0.05, 0) is 13.8 Å². The van der Waals surface area contributed by atoms with E-state index in [-0.39, 0.29) is 11.9 Å². The van der Waals surface area contributed by atoms with Gasteiger partial charge in [-0.3, -0.25) is 14.8 Å². The summed E-state index contributed by atoms with van der Waals surface area (Å²) in [6, 6.07) is -0.262. The Morgan fingerprint density at radius 2 is 2.39 bits per heavy atom. The molecule has 1 aliphatic heterocycles. The van der Waals surface area contributed by atoms with Crippen LogP contribution < -0.4 is 11.1 Å². The van der Waals surface area contributed by atoms with Crippen LogP contribution in [0.25, 0.3) is 0 Å². The van der Waals surface area contributed by atoms with Crippen molar-refractivity contribution in [3.8, 4) is 0 Å². The Morgan fingerprint density at radius 3 is 2.94 bits per heavy atom. The van der Waals surface area contributed by atoms with Crippen molar-refractivity contribution >= 4 is 5.91 Å². The number of aryl methyl sites for hydroxylation is 1. The lowest BCUT2D eigenvalue weighted by Gasteiger charge is -2.25. The van der Waals surface area contributed by atoms with Crippen LogP contribution in [0.15, 0.2) is 12.4 Å². The van der Waals surface area contributed by atoms with Crippen molar-refractivity contribution in [2.45, 2.75) is 26.4 Å². The van der Waals surface area contributed by atoms with E-state index in [9.17, 15) is 4.79 Å². The van der Waals surface area contributed by atoms with Crippen molar-refractivity contribution < 1.29 is 9.53 Å². The van der Waals surface area contributed by atoms with Crippen molar-refractivity contribution in [1.82, 2.24) is 15.3 Å². The normalized spacial score (nSPS) is 27.2. The van der Waals surface area contributed by atoms with Crippen LogP contribution in [0.3, 0.4) is 0 Å². The van der Waals surface area contributed by atoms with Crippen LogP contribution in [-0.2, 0) is 16.1 Å². The molecule has 0 aromatic carbocycles. The van der Waals surface area contributed by atoms with Crippen LogP contribution in [0.5, 0.6) is 0 Å². The Hall–Kier alpha value is -1.53. The van der Waals surface area contributed by atoms with Gasteiger partial charge in [-0.2, -0.15) is 0 Å². The molecule has 0 radical (unpaired) electrons. The SMILES string of the molecule is Cc1cnc(CNC(=O)C2(C)COCC2N)cn1. The molecular weight excluding hydrogens is 232 g/mol. The third kappa shape index (κ3) is 2.49. The molecule has 1 saturated heterocycles. The highest BCUT2D eigenvalue weighted by atomic mass is 16.5. The number of ether oxygens (including phenoxy) is 1. The first-order valence-corrected chi connectivity index (χ1v) is 5.91. The van der Waals surface area contributed by atoms with E-state index in [1.807, 2.05) is 13.8 Å². The van der Waals surface area contributed by atoms with Crippen molar-refractivity contribution in [2.75, 3.05) is 13.2 Å². The van der Waals surface area contributed by atoms with E-state index < -0.39 is 5.41 Å². The summed E-state index contributed by atoms with van der Waals surface area (Å²) in [5, 5.41) is 2.83. The highest BCUT2D eigenvalue weighted by Crippen LogP contribution is 2.27. The zero-order valence-corrected chi connectivity index (χ0v) is 10.6. The number of hydrogen-bond donors (Lipinski definition) is 2. The summed E-state index contributed by atoms with van der Waals surface area (Å²) in [5.41, 5.74) is 6.81. The molecule has 0 spiro atoms. The molecule has 2 heterocycles. The van der Waals surface area contributed by atoms with Gasteiger partial charge in [0.25, 0.3) is 0 Å². The highest BCUT2D eigenvalue weighted by Gasteiger charge is 2.44. The number of aromatic nitrogens is 2. The number of nitrogens with one attached hydrogen (secondary N) is 1. The zero-order chi connectivity index (χ0) is 13.2. The third-order valence-electron chi connectivity index (χ3n) is 3.30. The van der Waals surface area contributed by atoms with Crippen molar-refractivity contribution in [3.05, 3.63) is 23.8 Å². The van der Waals surface area contributed by atoms with Gasteiger partial charge in [-0.15, -0.1) is 0 Å². The number of nitrogens with two attached hydrogens (primary N) is 1. The average molecular weight is 250 g/mol. The van der Waals surface area contributed by atoms with E-state index in [1.54, 1.807) is 12.4 Å². The molecule has 6 heteroatoms. The number of rotatable bonds is 3. The monoisotopic (exact) mass is 250 g/mol. The van der Waals surface area contributed by atoms with E-state index in [1.165, 1.54) is 0 Å². The van der Waals surface area contributed by atoms with Crippen LogP contribution in [-0.4, -0.2) is 35.1 Å². The molecule has 1 amide bonds. The smallest absolute Gasteiger partial charge is 0.230 e. The third-order valence-corrected chi connectivity index (χ3v) is 3.30. The molecule has 0 saturated carbocycles. The predicted octanol–water partition coefficient (Wildman–Crippen LogP) is -0.235. The number of carbonyl (C=O) groups excluding carboxylic acids is 1. The first kappa shape index (κ1) is 12.9. The van der Waals surface area contributed by atoms with Gasteiger partial charge in [-0.1, -0.05) is 0 Å². The van der Waals surface area contributed by atoms with Gasteiger partial charge >= 0.3 is 0 Å². The van der Waals surface area contributed by atoms with Gasteiger partial charge < -0.3 is 15.8 Å². The Morgan fingerprint density at radius 1 is 1.61 bits per heavy atom. The summed E-state index contributed by atoms with van der Waals surface area (Å²) in [4.78, 5) is 20.4. The maximum Gasteiger partial charge on any atom is 0.230 e. The average Bonchev–Trinajstić information content (AvgIpc) is 2.70. The fourth-order valence-corrected chi connectivity index (χ4v) is 1.81. The number of carbonyl (C=O) groups is 1. The molecular formula is C12H18N4O2. The van der Waals surface area contributed by atoms with Crippen molar-refractivity contribution in [1.29, 1.82) is 0 Å². The highest BCUT2D eigenvalue weighted by molar-refractivity contribution is 5.83. The Balaban J connectivity index is 1.94. The minimum atomic E-state index is -0.655. The lowest BCUT2D eigenvalue weighted by atomic mass is 9.85. The van der Waals surface area contributed by atoms with E-state index in [4.69, 9.17) is 10.5 Å². The van der Waals surface area contributed by atoms with Gasteiger partial charge in [0, 0.05) is 12.2 Å². The largest absolute Gasteiger partial charge is 0.379 e. The number of nitrogens with zero attached hydrogens (tertiary/aromatic N) is 2. The van der Waals surface area contributed by atoms with Gasteiger partial charge in [-0.25, -0.2) is 0 Å². The second-order valence-corrected chi connectivity index (χ2v) is 4.87. The summed E-state index contributed by atoms with van der Waals surface area (Å²) in [5.74, 6) is -0.102. The lowest BCUT2D eigenvalue weighted by Crippen LogP contribution is -2.49. The molecule has 1 aliphatic rings. The Labute approximate surface area is 106 Å². The summed E-state index contributed by atoms with van der Waals surface area (Å²) in [6.45, 7) is 4.83. The maximum atomic E-state index is 12.1. The Kier molecular flexibility index (Phi) is 3.58. The molecule has 18 heavy (non-hydrogen) atoms. The van der Waals surface area contributed by atoms with Crippen LogP contribution in [0.2, 0.25) is 0 Å². The van der Waals surface area contributed by atoms with Crippen LogP contribution in [0.4, 0.5) is 0 Å². The molecule has 2 rings (SSSR count). The van der Waals surface area contributed by atoms with Crippen molar-refractivity contribution in [2.24, 2.45) is 11.1 Å². The second kappa shape index (κ2) is 4.99. The van der Waals surface area contributed by atoms with Gasteiger partial charge in [0.1, 0.15) is 0 Å². The van der Waals surface area contributed by atoms with Gasteiger partial charge in [0.2, 0.25) is 5.91 Å². The summed E-state index contributed by atoms with van der Waals surface area (Å²) in [7, 11) is 0. The minimum Gasteiger partial charge on any atom is -0.379 e. The predicted molar refractivity (Wildman–Crippen MR) is 65.5 cm³/mol. The second-order valence-electron chi connectivity index (χ2n) is 4.87. The summed E-state index contributed by atoms with van der Waals surface area (Å²) >= 11 is 0. The fraction of sp³-hybridized carbons (Fsp3) is 0.583. The molecule has 2 atom stereocenters. The zero-order valence-electron chi connectivity index (χ0n) is 10.6.